The summed E-state index contributed by atoms with van der Waals surface area (Å²) in [5.41, 5.74) is 15.5. The van der Waals surface area contributed by atoms with Gasteiger partial charge in [0.1, 0.15) is 0 Å². The maximum Gasteiger partial charge on any atom is 0.0540 e. The Bertz CT molecular complexity index is 2340. The van der Waals surface area contributed by atoms with E-state index in [2.05, 4.69) is 176 Å². The fourth-order valence-corrected chi connectivity index (χ4v) is 9.01. The van der Waals surface area contributed by atoms with Gasteiger partial charge in [0.25, 0.3) is 0 Å². The first-order chi connectivity index (χ1) is 24.6. The van der Waals surface area contributed by atoms with Crippen LogP contribution in [0.2, 0.25) is 0 Å². The summed E-state index contributed by atoms with van der Waals surface area (Å²) >= 11 is 0. The van der Waals surface area contributed by atoms with Gasteiger partial charge in [-0.3, -0.25) is 0 Å². The van der Waals surface area contributed by atoms with Gasteiger partial charge in [-0.1, -0.05) is 161 Å². The minimum Gasteiger partial charge on any atom is -0.309 e. The summed E-state index contributed by atoms with van der Waals surface area (Å²) in [5.74, 6) is 0.613. The lowest BCUT2D eigenvalue weighted by atomic mass is 9.80. The van der Waals surface area contributed by atoms with E-state index in [4.69, 9.17) is 0 Å². The van der Waals surface area contributed by atoms with Crippen molar-refractivity contribution in [2.45, 2.75) is 57.3 Å². The Morgan fingerprint density at radius 3 is 1.86 bits per heavy atom. The van der Waals surface area contributed by atoms with Gasteiger partial charge in [-0.2, -0.15) is 0 Å². The molecule has 1 nitrogen and oxygen atoms in total. The minimum atomic E-state index is -0.0625. The van der Waals surface area contributed by atoms with Gasteiger partial charge in [0.05, 0.1) is 11.4 Å². The molecule has 50 heavy (non-hydrogen) atoms. The van der Waals surface area contributed by atoms with Crippen LogP contribution in [0, 0.1) is 0 Å². The molecule has 1 heteroatoms. The van der Waals surface area contributed by atoms with Gasteiger partial charge in [0, 0.05) is 22.2 Å². The Labute approximate surface area is 296 Å². The number of fused-ring (bicyclic) bond motifs is 4. The fourth-order valence-electron chi connectivity index (χ4n) is 9.01. The second-order valence-corrected chi connectivity index (χ2v) is 14.7. The summed E-state index contributed by atoms with van der Waals surface area (Å²) in [6.07, 6.45) is 6.56. The molecule has 0 saturated heterocycles. The molecule has 0 atom stereocenters. The third-order valence-corrected chi connectivity index (χ3v) is 11.5. The molecule has 0 bridgehead atoms. The number of hydrogen-bond donors (Lipinski definition) is 0. The molecule has 1 fully saturated rings. The molecule has 0 unspecified atom stereocenters. The van der Waals surface area contributed by atoms with Crippen LogP contribution in [0.15, 0.2) is 158 Å². The quantitative estimate of drug-likeness (QED) is 0.174. The zero-order valence-corrected chi connectivity index (χ0v) is 29.1. The first-order valence-corrected chi connectivity index (χ1v) is 18.4. The SMILES string of the molecule is CC1(C)c2ccccc2-c2ccc(-c3ccccc3N(c3ccccc3)c3ccccc3-c3cccc4cccc(C5CCCCC5)c34)cc21. The third-order valence-electron chi connectivity index (χ3n) is 11.5. The molecule has 0 radical (unpaired) electrons. The van der Waals surface area contributed by atoms with E-state index in [0.29, 0.717) is 5.92 Å². The molecular formula is C49H43N. The van der Waals surface area contributed by atoms with E-state index in [1.54, 1.807) is 0 Å². The predicted molar refractivity (Wildman–Crippen MR) is 213 cm³/mol. The minimum absolute atomic E-state index is 0.0625. The van der Waals surface area contributed by atoms with Crippen LogP contribution in [0.25, 0.3) is 44.2 Å². The lowest BCUT2D eigenvalue weighted by Crippen LogP contribution is -2.15. The first-order valence-electron chi connectivity index (χ1n) is 18.4. The van der Waals surface area contributed by atoms with Crippen LogP contribution >= 0.6 is 0 Å². The van der Waals surface area contributed by atoms with E-state index >= 15 is 0 Å². The Morgan fingerprint density at radius 2 is 1.08 bits per heavy atom. The highest BCUT2D eigenvalue weighted by Crippen LogP contribution is 2.51. The normalized spacial score (nSPS) is 15.1. The molecule has 0 heterocycles. The standard InChI is InChI=1S/C49H43N/c1-49(2)44-28-12-9-24-40(44)41-32-31-36(33-45(41)49)38-23-10-13-29-46(38)50(37-21-7-4-8-22-37)47-30-14-11-25-42(47)43-27-16-20-35-19-15-26-39(48(35)43)34-17-5-3-6-18-34/h4,7-16,19-34H,3,5-6,17-18H2,1-2H3. The van der Waals surface area contributed by atoms with Crippen molar-refractivity contribution in [1.82, 2.24) is 0 Å². The fraction of sp³-hybridized carbons (Fsp3) is 0.184. The molecule has 0 N–H and O–H groups in total. The summed E-state index contributed by atoms with van der Waals surface area (Å²) in [7, 11) is 0. The van der Waals surface area contributed by atoms with Crippen molar-refractivity contribution >= 4 is 27.8 Å². The Balaban J connectivity index is 1.25. The van der Waals surface area contributed by atoms with Crippen molar-refractivity contribution in [2.24, 2.45) is 0 Å². The molecule has 1 saturated carbocycles. The third kappa shape index (κ3) is 5.07. The van der Waals surface area contributed by atoms with Gasteiger partial charge in [-0.15, -0.1) is 0 Å². The number of rotatable bonds is 6. The van der Waals surface area contributed by atoms with Crippen molar-refractivity contribution < 1.29 is 0 Å². The zero-order chi connectivity index (χ0) is 33.7. The van der Waals surface area contributed by atoms with E-state index in [0.717, 1.165) is 5.69 Å². The van der Waals surface area contributed by atoms with Gasteiger partial charge >= 0.3 is 0 Å². The molecule has 0 amide bonds. The van der Waals surface area contributed by atoms with E-state index < -0.39 is 0 Å². The highest BCUT2D eigenvalue weighted by molar-refractivity contribution is 6.04. The highest BCUT2D eigenvalue weighted by Gasteiger charge is 2.35. The van der Waals surface area contributed by atoms with Crippen LogP contribution < -0.4 is 4.90 Å². The second kappa shape index (κ2) is 12.5. The monoisotopic (exact) mass is 645 g/mol. The van der Waals surface area contributed by atoms with Gasteiger partial charge < -0.3 is 4.90 Å². The summed E-state index contributed by atoms with van der Waals surface area (Å²) in [4.78, 5) is 2.49. The maximum atomic E-state index is 2.49. The lowest BCUT2D eigenvalue weighted by Gasteiger charge is -2.31. The van der Waals surface area contributed by atoms with Crippen LogP contribution in [0.1, 0.15) is 68.6 Å². The van der Waals surface area contributed by atoms with Crippen molar-refractivity contribution in [3.8, 4) is 33.4 Å². The topological polar surface area (TPSA) is 3.24 Å². The van der Waals surface area contributed by atoms with Crippen LogP contribution in [0.4, 0.5) is 17.1 Å². The molecule has 7 aromatic carbocycles. The molecule has 0 aliphatic heterocycles. The lowest BCUT2D eigenvalue weighted by molar-refractivity contribution is 0.445. The highest BCUT2D eigenvalue weighted by atomic mass is 15.1. The molecule has 0 aromatic heterocycles. The first kappa shape index (κ1) is 30.6. The molecule has 0 spiro atoms. The summed E-state index contributed by atoms with van der Waals surface area (Å²) in [6, 6.07) is 58.8. The van der Waals surface area contributed by atoms with E-state index in [-0.39, 0.29) is 5.41 Å². The van der Waals surface area contributed by atoms with Crippen LogP contribution in [-0.2, 0) is 5.41 Å². The predicted octanol–water partition coefficient (Wildman–Crippen LogP) is 14.0. The summed E-state index contributed by atoms with van der Waals surface area (Å²) in [6.45, 7) is 4.73. The van der Waals surface area contributed by atoms with Gasteiger partial charge in [-0.25, -0.2) is 0 Å². The van der Waals surface area contributed by atoms with Crippen LogP contribution in [0.3, 0.4) is 0 Å². The average molecular weight is 646 g/mol. The Morgan fingerprint density at radius 1 is 0.480 bits per heavy atom. The molecule has 2 aliphatic carbocycles. The number of anilines is 3. The van der Waals surface area contributed by atoms with Crippen LogP contribution in [-0.4, -0.2) is 0 Å². The van der Waals surface area contributed by atoms with Crippen molar-refractivity contribution in [3.05, 3.63) is 174 Å². The molecular weight excluding hydrogens is 603 g/mol. The molecule has 9 rings (SSSR count). The smallest absolute Gasteiger partial charge is 0.0540 e. The van der Waals surface area contributed by atoms with Crippen molar-refractivity contribution in [1.29, 1.82) is 0 Å². The van der Waals surface area contributed by atoms with Gasteiger partial charge in [0.2, 0.25) is 0 Å². The van der Waals surface area contributed by atoms with E-state index in [9.17, 15) is 0 Å². The molecule has 244 valence electrons. The zero-order valence-electron chi connectivity index (χ0n) is 29.1. The second-order valence-electron chi connectivity index (χ2n) is 14.7. The number of hydrogen-bond acceptors (Lipinski definition) is 1. The van der Waals surface area contributed by atoms with Gasteiger partial charge in [-0.05, 0) is 98.8 Å². The Kier molecular flexibility index (Phi) is 7.65. The van der Waals surface area contributed by atoms with Crippen molar-refractivity contribution in [3.63, 3.8) is 0 Å². The van der Waals surface area contributed by atoms with Gasteiger partial charge in [0.15, 0.2) is 0 Å². The number of nitrogens with zero attached hydrogens (tertiary/aromatic N) is 1. The number of benzene rings is 7. The number of para-hydroxylation sites is 3. The molecule has 7 aromatic rings. The van der Waals surface area contributed by atoms with E-state index in [1.807, 2.05) is 0 Å². The van der Waals surface area contributed by atoms with Crippen LogP contribution in [0.5, 0.6) is 0 Å². The molecule has 2 aliphatic rings. The maximum absolute atomic E-state index is 2.49. The summed E-state index contributed by atoms with van der Waals surface area (Å²) < 4.78 is 0. The van der Waals surface area contributed by atoms with E-state index in [1.165, 1.54) is 104 Å². The average Bonchev–Trinajstić information content (AvgIpc) is 3.41. The summed E-state index contributed by atoms with van der Waals surface area (Å²) in [5, 5.41) is 2.74. The Hall–Kier alpha value is -5.40. The van der Waals surface area contributed by atoms with Crippen molar-refractivity contribution in [2.75, 3.05) is 4.90 Å². The largest absolute Gasteiger partial charge is 0.309 e.